The second kappa shape index (κ2) is 5.05. The van der Waals surface area contributed by atoms with E-state index in [1.54, 1.807) is 6.92 Å². The fourth-order valence-corrected chi connectivity index (χ4v) is 5.57. The lowest BCUT2D eigenvalue weighted by atomic mass is 9.46. The molecular weight excluding hydrogens is 256 g/mol. The number of aliphatic carboxylic acids is 1. The molecule has 4 rings (SSSR count). The molecule has 112 valence electrons. The van der Waals surface area contributed by atoms with Gasteiger partial charge in [0, 0.05) is 0 Å². The fourth-order valence-electron chi connectivity index (χ4n) is 5.57. The van der Waals surface area contributed by atoms with Crippen LogP contribution in [0.5, 0.6) is 0 Å². The van der Waals surface area contributed by atoms with E-state index in [0.717, 1.165) is 19.3 Å². The van der Waals surface area contributed by atoms with Crippen LogP contribution in [0, 0.1) is 29.1 Å². The lowest BCUT2D eigenvalue weighted by Crippen LogP contribution is -2.52. The highest BCUT2D eigenvalue weighted by atomic mass is 16.5. The Morgan fingerprint density at radius 3 is 2.05 bits per heavy atom. The summed E-state index contributed by atoms with van der Waals surface area (Å²) in [6.07, 6.45) is 6.93. The number of carboxylic acids is 1. The number of carboxylic acid groups (broad SMARTS) is 1. The summed E-state index contributed by atoms with van der Waals surface area (Å²) in [7, 11) is 0. The Balaban J connectivity index is 1.85. The van der Waals surface area contributed by atoms with Gasteiger partial charge < -0.3 is 9.84 Å². The van der Waals surface area contributed by atoms with Crippen molar-refractivity contribution in [1.82, 2.24) is 0 Å². The monoisotopic (exact) mass is 280 g/mol. The van der Waals surface area contributed by atoms with E-state index in [4.69, 9.17) is 4.74 Å². The standard InChI is InChI=1S/C16H24O4/c1-2-20-15(19)13(6-14(17)18)16-7-10-3-11(8-16)5-12(4-10)9-16/h10-13H,2-9H2,1H3,(H,17,18). The summed E-state index contributed by atoms with van der Waals surface area (Å²) >= 11 is 0. The van der Waals surface area contributed by atoms with Crippen LogP contribution in [-0.2, 0) is 14.3 Å². The molecule has 4 bridgehead atoms. The summed E-state index contributed by atoms with van der Waals surface area (Å²) in [5, 5.41) is 9.19. The second-order valence-corrected chi connectivity index (χ2v) is 7.18. The van der Waals surface area contributed by atoms with E-state index in [0.29, 0.717) is 24.4 Å². The van der Waals surface area contributed by atoms with Crippen molar-refractivity contribution >= 4 is 11.9 Å². The Bertz CT molecular complexity index is 379. The number of hydrogen-bond acceptors (Lipinski definition) is 3. The molecule has 4 heteroatoms. The zero-order valence-electron chi connectivity index (χ0n) is 12.1. The van der Waals surface area contributed by atoms with Crippen molar-refractivity contribution in [3.05, 3.63) is 0 Å². The van der Waals surface area contributed by atoms with E-state index >= 15 is 0 Å². The van der Waals surface area contributed by atoms with Crippen molar-refractivity contribution in [2.45, 2.75) is 51.9 Å². The van der Waals surface area contributed by atoms with E-state index < -0.39 is 11.9 Å². The number of hydrogen-bond donors (Lipinski definition) is 1. The molecule has 4 aliphatic carbocycles. The molecule has 0 amide bonds. The number of rotatable bonds is 5. The molecule has 4 aliphatic rings. The van der Waals surface area contributed by atoms with Crippen molar-refractivity contribution in [3.63, 3.8) is 0 Å². The Morgan fingerprint density at radius 2 is 1.65 bits per heavy atom. The van der Waals surface area contributed by atoms with Crippen LogP contribution in [0.3, 0.4) is 0 Å². The molecule has 1 N–H and O–H groups in total. The topological polar surface area (TPSA) is 63.6 Å². The van der Waals surface area contributed by atoms with Gasteiger partial charge in [0.25, 0.3) is 0 Å². The SMILES string of the molecule is CCOC(=O)C(CC(=O)O)C12CC3CC(CC(C3)C1)C2. The lowest BCUT2D eigenvalue weighted by molar-refractivity contribution is -0.168. The molecule has 4 fully saturated rings. The number of carbonyl (C=O) groups is 2. The molecule has 0 aromatic rings. The van der Waals surface area contributed by atoms with E-state index in [2.05, 4.69) is 0 Å². The first-order valence-electron chi connectivity index (χ1n) is 7.91. The maximum atomic E-state index is 12.3. The third-order valence-corrected chi connectivity index (χ3v) is 5.77. The summed E-state index contributed by atoms with van der Waals surface area (Å²) in [5.74, 6) is 0.551. The Hall–Kier alpha value is -1.06. The molecule has 0 aliphatic heterocycles. The van der Waals surface area contributed by atoms with Crippen LogP contribution >= 0.6 is 0 Å². The molecule has 0 spiro atoms. The molecule has 0 heterocycles. The highest BCUT2D eigenvalue weighted by molar-refractivity contribution is 5.80. The first-order chi connectivity index (χ1) is 9.52. The van der Waals surface area contributed by atoms with Crippen molar-refractivity contribution < 1.29 is 19.4 Å². The minimum atomic E-state index is -0.876. The molecule has 1 atom stereocenters. The van der Waals surface area contributed by atoms with Crippen LogP contribution in [0.15, 0.2) is 0 Å². The van der Waals surface area contributed by atoms with Crippen molar-refractivity contribution in [1.29, 1.82) is 0 Å². The summed E-state index contributed by atoms with van der Waals surface area (Å²) < 4.78 is 5.19. The molecular formula is C16H24O4. The summed E-state index contributed by atoms with van der Waals surface area (Å²) in [6.45, 7) is 2.12. The number of carbonyl (C=O) groups excluding carboxylic acids is 1. The molecule has 0 saturated heterocycles. The maximum Gasteiger partial charge on any atom is 0.310 e. The van der Waals surface area contributed by atoms with Gasteiger partial charge in [0.05, 0.1) is 18.9 Å². The van der Waals surface area contributed by atoms with E-state index in [-0.39, 0.29) is 17.8 Å². The van der Waals surface area contributed by atoms with Gasteiger partial charge in [-0.15, -0.1) is 0 Å². The van der Waals surface area contributed by atoms with Crippen molar-refractivity contribution in [2.24, 2.45) is 29.1 Å². The van der Waals surface area contributed by atoms with Gasteiger partial charge in [-0.2, -0.15) is 0 Å². The molecule has 4 nitrogen and oxygen atoms in total. The first kappa shape index (κ1) is 13.9. The van der Waals surface area contributed by atoms with Crippen LogP contribution in [0.2, 0.25) is 0 Å². The highest BCUT2D eigenvalue weighted by Crippen LogP contribution is 2.63. The van der Waals surface area contributed by atoms with Gasteiger partial charge in [-0.25, -0.2) is 0 Å². The molecule has 1 unspecified atom stereocenters. The predicted molar refractivity (Wildman–Crippen MR) is 73.0 cm³/mol. The summed E-state index contributed by atoms with van der Waals surface area (Å²) in [6, 6.07) is 0. The van der Waals surface area contributed by atoms with Crippen molar-refractivity contribution in [3.8, 4) is 0 Å². The van der Waals surface area contributed by atoms with Gasteiger partial charge in [0.1, 0.15) is 0 Å². The van der Waals surface area contributed by atoms with E-state index in [1.807, 2.05) is 0 Å². The lowest BCUT2D eigenvalue weighted by Gasteiger charge is -2.58. The summed E-state index contributed by atoms with van der Waals surface area (Å²) in [5.41, 5.74) is -0.0839. The van der Waals surface area contributed by atoms with Gasteiger partial charge in [-0.1, -0.05) is 0 Å². The van der Waals surface area contributed by atoms with Gasteiger partial charge in [-0.05, 0) is 68.6 Å². The van der Waals surface area contributed by atoms with E-state index in [9.17, 15) is 14.7 Å². The molecule has 0 aromatic carbocycles. The number of ether oxygens (including phenoxy) is 1. The minimum Gasteiger partial charge on any atom is -0.481 e. The molecule has 4 saturated carbocycles. The van der Waals surface area contributed by atoms with Gasteiger partial charge in [-0.3, -0.25) is 9.59 Å². The van der Waals surface area contributed by atoms with Crippen LogP contribution in [0.1, 0.15) is 51.9 Å². The first-order valence-corrected chi connectivity index (χ1v) is 7.91. The van der Waals surface area contributed by atoms with Crippen LogP contribution in [0.4, 0.5) is 0 Å². The van der Waals surface area contributed by atoms with Crippen LogP contribution in [0.25, 0.3) is 0 Å². The maximum absolute atomic E-state index is 12.3. The third-order valence-electron chi connectivity index (χ3n) is 5.77. The average molecular weight is 280 g/mol. The highest BCUT2D eigenvalue weighted by Gasteiger charge is 2.56. The fraction of sp³-hybridized carbons (Fsp3) is 0.875. The van der Waals surface area contributed by atoms with Crippen molar-refractivity contribution in [2.75, 3.05) is 6.61 Å². The smallest absolute Gasteiger partial charge is 0.310 e. The van der Waals surface area contributed by atoms with Crippen LogP contribution < -0.4 is 0 Å². The van der Waals surface area contributed by atoms with E-state index in [1.165, 1.54) is 19.3 Å². The Morgan fingerprint density at radius 1 is 1.15 bits per heavy atom. The molecule has 0 aromatic heterocycles. The second-order valence-electron chi connectivity index (χ2n) is 7.18. The van der Waals surface area contributed by atoms with Crippen LogP contribution in [-0.4, -0.2) is 23.7 Å². The Labute approximate surface area is 119 Å². The molecule has 0 radical (unpaired) electrons. The molecule has 20 heavy (non-hydrogen) atoms. The Kier molecular flexibility index (Phi) is 3.51. The van der Waals surface area contributed by atoms with Gasteiger partial charge in [0.15, 0.2) is 0 Å². The normalized spacial score (nSPS) is 39.5. The number of esters is 1. The van der Waals surface area contributed by atoms with Gasteiger partial charge in [0.2, 0.25) is 0 Å². The zero-order valence-corrected chi connectivity index (χ0v) is 12.1. The van der Waals surface area contributed by atoms with Gasteiger partial charge >= 0.3 is 11.9 Å². The minimum absolute atomic E-state index is 0.0645. The largest absolute Gasteiger partial charge is 0.481 e. The zero-order chi connectivity index (χ0) is 14.3. The predicted octanol–water partition coefficient (Wildman–Crippen LogP) is 2.86. The summed E-state index contributed by atoms with van der Waals surface area (Å²) in [4.78, 5) is 23.5. The average Bonchev–Trinajstić information content (AvgIpc) is 2.34. The third kappa shape index (κ3) is 2.33. The quantitative estimate of drug-likeness (QED) is 0.786.